The zero-order valence-electron chi connectivity index (χ0n) is 16.2. The van der Waals surface area contributed by atoms with Crippen molar-refractivity contribution in [3.63, 3.8) is 0 Å². The van der Waals surface area contributed by atoms with E-state index in [0.717, 1.165) is 4.31 Å². The van der Waals surface area contributed by atoms with Gasteiger partial charge in [-0.25, -0.2) is 18.2 Å². The quantitative estimate of drug-likeness (QED) is 0.412. The van der Waals surface area contributed by atoms with Crippen LogP contribution in [0.1, 0.15) is 11.1 Å². The fourth-order valence-electron chi connectivity index (χ4n) is 2.62. The lowest BCUT2D eigenvalue weighted by Gasteiger charge is -2.21. The Balaban J connectivity index is 1.81. The Labute approximate surface area is 184 Å². The van der Waals surface area contributed by atoms with Gasteiger partial charge in [0.1, 0.15) is 5.82 Å². The number of rotatable bonds is 8. The molecule has 0 saturated carbocycles. The molecule has 31 heavy (non-hydrogen) atoms. The zero-order valence-corrected chi connectivity index (χ0v) is 17.7. The third-order valence-electron chi connectivity index (χ3n) is 4.18. The average Bonchev–Trinajstić information content (AvgIpc) is 2.76. The number of hydrogen-bond acceptors (Lipinski definition) is 5. The van der Waals surface area contributed by atoms with E-state index in [1.165, 1.54) is 48.7 Å². The predicted octanol–water partition coefficient (Wildman–Crippen LogP) is 3.22. The maximum absolute atomic E-state index is 14.2. The molecule has 0 bridgehead atoms. The van der Waals surface area contributed by atoms with Crippen LogP contribution >= 0.6 is 11.6 Å². The molecule has 1 amide bonds. The largest absolute Gasteiger partial charge is 0.272 e. The van der Waals surface area contributed by atoms with Crippen molar-refractivity contribution in [1.29, 1.82) is 0 Å². The van der Waals surface area contributed by atoms with Gasteiger partial charge in [-0.15, -0.1) is 0 Å². The Hall–Kier alpha value is -3.14. The topological polar surface area (TPSA) is 91.7 Å². The van der Waals surface area contributed by atoms with E-state index < -0.39 is 28.3 Å². The molecule has 0 atom stereocenters. The van der Waals surface area contributed by atoms with E-state index in [1.807, 2.05) is 0 Å². The van der Waals surface area contributed by atoms with Crippen molar-refractivity contribution in [3.8, 4) is 0 Å². The summed E-state index contributed by atoms with van der Waals surface area (Å²) >= 11 is 5.84. The van der Waals surface area contributed by atoms with E-state index in [9.17, 15) is 17.6 Å². The van der Waals surface area contributed by atoms with Crippen LogP contribution in [-0.4, -0.2) is 36.4 Å². The van der Waals surface area contributed by atoms with Gasteiger partial charge in [-0.3, -0.25) is 9.78 Å². The first-order chi connectivity index (χ1) is 14.9. The molecule has 3 rings (SSSR count). The van der Waals surface area contributed by atoms with Crippen molar-refractivity contribution >= 4 is 33.7 Å². The zero-order chi connectivity index (χ0) is 22.3. The number of amides is 1. The summed E-state index contributed by atoms with van der Waals surface area (Å²) in [6.07, 6.45) is 4.53. The summed E-state index contributed by atoms with van der Waals surface area (Å²) < 4.78 is 41.3. The van der Waals surface area contributed by atoms with Gasteiger partial charge in [0.2, 0.25) is 10.0 Å². The molecule has 2 aromatic carbocycles. The van der Waals surface area contributed by atoms with Crippen LogP contribution in [0.15, 0.2) is 83.1 Å². The molecule has 0 unspecified atom stereocenters. The highest BCUT2D eigenvalue weighted by Crippen LogP contribution is 2.21. The molecule has 10 heteroatoms. The molecule has 1 aromatic heterocycles. The summed E-state index contributed by atoms with van der Waals surface area (Å²) in [4.78, 5) is 16.2. The van der Waals surface area contributed by atoms with E-state index in [2.05, 4.69) is 15.5 Å². The first kappa shape index (κ1) is 22.5. The highest BCUT2D eigenvalue weighted by Gasteiger charge is 2.27. The van der Waals surface area contributed by atoms with Crippen molar-refractivity contribution < 1.29 is 17.6 Å². The minimum absolute atomic E-state index is 0.0682. The van der Waals surface area contributed by atoms with Crippen molar-refractivity contribution in [2.45, 2.75) is 11.4 Å². The van der Waals surface area contributed by atoms with Crippen molar-refractivity contribution in [1.82, 2.24) is 14.7 Å². The molecule has 0 aliphatic rings. The number of benzene rings is 2. The summed E-state index contributed by atoms with van der Waals surface area (Å²) in [5, 5.41) is 4.18. The van der Waals surface area contributed by atoms with Crippen LogP contribution in [0.3, 0.4) is 0 Å². The van der Waals surface area contributed by atoms with E-state index in [0.29, 0.717) is 10.6 Å². The number of nitrogens with one attached hydrogen (secondary N) is 1. The van der Waals surface area contributed by atoms with Gasteiger partial charge in [-0.05, 0) is 48.0 Å². The van der Waals surface area contributed by atoms with Crippen LogP contribution < -0.4 is 5.43 Å². The van der Waals surface area contributed by atoms with Gasteiger partial charge in [0.25, 0.3) is 5.91 Å². The van der Waals surface area contributed by atoms with Gasteiger partial charge in [0, 0.05) is 29.5 Å². The van der Waals surface area contributed by atoms with Crippen LogP contribution in [0, 0.1) is 5.82 Å². The summed E-state index contributed by atoms with van der Waals surface area (Å²) in [7, 11) is -4.12. The molecule has 0 aliphatic heterocycles. The maximum atomic E-state index is 14.2. The SMILES string of the molecule is O=C(CN(Cc1ccccc1F)S(=O)(=O)c1ccc(Cl)cc1)N/N=C/c1ccncc1. The van der Waals surface area contributed by atoms with Crippen LogP contribution in [0.5, 0.6) is 0 Å². The Morgan fingerprint density at radius 2 is 1.77 bits per heavy atom. The number of hydrogen-bond donors (Lipinski definition) is 1. The number of carbonyl (C=O) groups excluding carboxylic acids is 1. The lowest BCUT2D eigenvalue weighted by Crippen LogP contribution is -2.39. The standard InChI is InChI=1S/C21H18ClFN4O3S/c22-18-5-7-19(8-6-18)31(29,30)27(14-17-3-1-2-4-20(17)23)15-21(28)26-25-13-16-9-11-24-12-10-16/h1-13H,14-15H2,(H,26,28)/b25-13+. The molecule has 0 fully saturated rings. The molecular formula is C21H18ClFN4O3S. The average molecular weight is 461 g/mol. The van der Waals surface area contributed by atoms with Crippen molar-refractivity contribution in [3.05, 3.63) is 95.0 Å². The van der Waals surface area contributed by atoms with E-state index >= 15 is 0 Å². The Bertz CT molecular complexity index is 1170. The number of hydrazone groups is 1. The number of halogens is 2. The number of pyridine rings is 1. The summed E-state index contributed by atoms with van der Waals surface area (Å²) in [5.41, 5.74) is 3.12. The molecule has 0 aliphatic carbocycles. The second kappa shape index (κ2) is 10.3. The number of aromatic nitrogens is 1. The van der Waals surface area contributed by atoms with Gasteiger partial charge in [0.05, 0.1) is 17.7 Å². The van der Waals surface area contributed by atoms with Crippen molar-refractivity contribution in [2.75, 3.05) is 6.54 Å². The van der Waals surface area contributed by atoms with Crippen LogP contribution in [0.25, 0.3) is 0 Å². The third-order valence-corrected chi connectivity index (χ3v) is 6.24. The molecule has 160 valence electrons. The molecular weight excluding hydrogens is 443 g/mol. The number of nitrogens with zero attached hydrogens (tertiary/aromatic N) is 3. The van der Waals surface area contributed by atoms with Crippen LogP contribution in [0.4, 0.5) is 4.39 Å². The first-order valence-corrected chi connectivity index (χ1v) is 10.9. The fraction of sp³-hybridized carbons (Fsp3) is 0.0952. The van der Waals surface area contributed by atoms with Gasteiger partial charge >= 0.3 is 0 Å². The molecule has 1 heterocycles. The number of carbonyl (C=O) groups is 1. The monoisotopic (exact) mass is 460 g/mol. The normalized spacial score (nSPS) is 11.7. The maximum Gasteiger partial charge on any atom is 0.255 e. The smallest absolute Gasteiger partial charge is 0.255 e. The molecule has 0 radical (unpaired) electrons. The lowest BCUT2D eigenvalue weighted by atomic mass is 10.2. The van der Waals surface area contributed by atoms with Gasteiger partial charge < -0.3 is 0 Å². The third kappa shape index (κ3) is 6.17. The highest BCUT2D eigenvalue weighted by molar-refractivity contribution is 7.89. The minimum Gasteiger partial charge on any atom is -0.272 e. The summed E-state index contributed by atoms with van der Waals surface area (Å²) in [5.74, 6) is -1.26. The van der Waals surface area contributed by atoms with Gasteiger partial charge in [0.15, 0.2) is 0 Å². The van der Waals surface area contributed by atoms with E-state index in [4.69, 9.17) is 11.6 Å². The Kier molecular flexibility index (Phi) is 7.45. The van der Waals surface area contributed by atoms with Crippen LogP contribution in [0.2, 0.25) is 5.02 Å². The van der Waals surface area contributed by atoms with Crippen molar-refractivity contribution in [2.24, 2.45) is 5.10 Å². The van der Waals surface area contributed by atoms with Gasteiger partial charge in [-0.2, -0.15) is 9.41 Å². The second-order valence-corrected chi connectivity index (χ2v) is 8.77. The lowest BCUT2D eigenvalue weighted by molar-refractivity contribution is -0.121. The summed E-state index contributed by atoms with van der Waals surface area (Å²) in [6, 6.07) is 14.6. The van der Waals surface area contributed by atoms with E-state index in [-0.39, 0.29) is 17.0 Å². The minimum atomic E-state index is -4.12. The van der Waals surface area contributed by atoms with Crippen LogP contribution in [-0.2, 0) is 21.4 Å². The second-order valence-electron chi connectivity index (χ2n) is 6.39. The molecule has 0 spiro atoms. The fourth-order valence-corrected chi connectivity index (χ4v) is 4.12. The highest BCUT2D eigenvalue weighted by atomic mass is 35.5. The molecule has 3 aromatic rings. The summed E-state index contributed by atoms with van der Waals surface area (Å²) in [6.45, 7) is -0.897. The van der Waals surface area contributed by atoms with Gasteiger partial charge in [-0.1, -0.05) is 29.8 Å². The number of sulfonamides is 1. The predicted molar refractivity (Wildman–Crippen MR) is 115 cm³/mol. The molecule has 1 N–H and O–H groups in total. The Morgan fingerprint density at radius 3 is 2.45 bits per heavy atom. The first-order valence-electron chi connectivity index (χ1n) is 9.07. The Morgan fingerprint density at radius 1 is 1.10 bits per heavy atom. The van der Waals surface area contributed by atoms with E-state index in [1.54, 1.807) is 30.6 Å². The molecule has 7 nitrogen and oxygen atoms in total. The molecule has 0 saturated heterocycles.